The molecule has 0 bridgehead atoms. The Labute approximate surface area is 181 Å². The molecule has 1 aliphatic heterocycles. The van der Waals surface area contributed by atoms with Gasteiger partial charge in [-0.3, -0.25) is 19.8 Å². The number of aryl methyl sites for hydroxylation is 1. The molecule has 1 aromatic carbocycles. The van der Waals surface area contributed by atoms with Crippen LogP contribution in [0.3, 0.4) is 0 Å². The molecule has 1 fully saturated rings. The number of carboxylic acid groups (broad SMARTS) is 1. The van der Waals surface area contributed by atoms with Crippen molar-refractivity contribution in [3.05, 3.63) is 56.7 Å². The molecule has 10 heteroatoms. The number of carbonyl (C=O) groups excluding carboxylic acids is 1. The van der Waals surface area contributed by atoms with Crippen molar-refractivity contribution in [1.82, 2.24) is 4.90 Å². The molecule has 30 heavy (non-hydrogen) atoms. The van der Waals surface area contributed by atoms with Gasteiger partial charge in [-0.1, -0.05) is 49.5 Å². The molecule has 3 rings (SSSR count). The highest BCUT2D eigenvalue weighted by Crippen LogP contribution is 2.36. The maximum Gasteiger partial charge on any atom is 0.326 e. The second kappa shape index (κ2) is 8.80. The number of nitro groups is 1. The summed E-state index contributed by atoms with van der Waals surface area (Å²) < 4.78 is 5.93. The van der Waals surface area contributed by atoms with Crippen molar-refractivity contribution in [1.29, 1.82) is 0 Å². The second-order valence-corrected chi connectivity index (χ2v) is 8.33. The summed E-state index contributed by atoms with van der Waals surface area (Å²) in [6.45, 7) is 3.49. The third-order valence-electron chi connectivity index (χ3n) is 4.57. The average molecular weight is 447 g/mol. The van der Waals surface area contributed by atoms with Crippen LogP contribution in [0.15, 0.2) is 39.7 Å². The predicted molar refractivity (Wildman–Crippen MR) is 117 cm³/mol. The molecule has 156 valence electrons. The van der Waals surface area contributed by atoms with Crippen molar-refractivity contribution in [2.75, 3.05) is 0 Å². The minimum atomic E-state index is -1.10. The lowest BCUT2D eigenvalue weighted by Gasteiger charge is -2.22. The van der Waals surface area contributed by atoms with E-state index in [9.17, 15) is 24.8 Å². The van der Waals surface area contributed by atoms with E-state index in [1.54, 1.807) is 31.2 Å². The van der Waals surface area contributed by atoms with Gasteiger partial charge in [0.1, 0.15) is 21.9 Å². The number of carbonyl (C=O) groups is 2. The van der Waals surface area contributed by atoms with E-state index in [2.05, 4.69) is 0 Å². The maximum absolute atomic E-state index is 12.7. The fraction of sp³-hybridized carbons (Fsp3) is 0.250. The quantitative estimate of drug-likeness (QED) is 0.284. The van der Waals surface area contributed by atoms with Gasteiger partial charge in [0, 0.05) is 23.3 Å². The lowest BCUT2D eigenvalue weighted by Crippen LogP contribution is -2.43. The third-order valence-corrected chi connectivity index (χ3v) is 5.90. The fourth-order valence-corrected chi connectivity index (χ4v) is 4.40. The van der Waals surface area contributed by atoms with Crippen LogP contribution in [0, 0.1) is 17.0 Å². The zero-order valence-corrected chi connectivity index (χ0v) is 17.8. The van der Waals surface area contributed by atoms with Crippen molar-refractivity contribution in [2.24, 2.45) is 0 Å². The van der Waals surface area contributed by atoms with Gasteiger partial charge in [0.2, 0.25) is 0 Å². The molecule has 8 nitrogen and oxygen atoms in total. The van der Waals surface area contributed by atoms with E-state index in [1.165, 1.54) is 12.1 Å². The van der Waals surface area contributed by atoms with Crippen molar-refractivity contribution in [3.63, 3.8) is 0 Å². The lowest BCUT2D eigenvalue weighted by atomic mass is 10.1. The van der Waals surface area contributed by atoms with Gasteiger partial charge in [0.15, 0.2) is 0 Å². The first kappa shape index (κ1) is 21.7. The Morgan fingerprint density at radius 1 is 1.40 bits per heavy atom. The van der Waals surface area contributed by atoms with Crippen LogP contribution in [-0.2, 0) is 9.59 Å². The van der Waals surface area contributed by atoms with Gasteiger partial charge in [-0.05, 0) is 25.5 Å². The van der Waals surface area contributed by atoms with E-state index in [1.807, 2.05) is 6.92 Å². The largest absolute Gasteiger partial charge is 0.480 e. The Bertz CT molecular complexity index is 1070. The number of furan rings is 1. The normalized spacial score (nSPS) is 16.3. The molecular formula is C20H18N2O6S2. The molecule has 0 aliphatic carbocycles. The van der Waals surface area contributed by atoms with Gasteiger partial charge in [-0.15, -0.1) is 0 Å². The van der Waals surface area contributed by atoms with Crippen molar-refractivity contribution >= 4 is 51.9 Å². The van der Waals surface area contributed by atoms with Crippen LogP contribution in [0.25, 0.3) is 17.4 Å². The highest BCUT2D eigenvalue weighted by molar-refractivity contribution is 8.26. The van der Waals surface area contributed by atoms with Crippen molar-refractivity contribution in [3.8, 4) is 11.3 Å². The number of thiocarbonyl (C=S) groups is 1. The summed E-state index contributed by atoms with van der Waals surface area (Å²) in [5.41, 5.74) is 1.06. The molecule has 1 saturated heterocycles. The maximum atomic E-state index is 12.7. The lowest BCUT2D eigenvalue weighted by molar-refractivity contribution is -0.385. The molecule has 2 aromatic rings. The Morgan fingerprint density at radius 2 is 2.13 bits per heavy atom. The van der Waals surface area contributed by atoms with Crippen LogP contribution >= 0.6 is 24.0 Å². The fourth-order valence-electron chi connectivity index (χ4n) is 3.06. The number of rotatable bonds is 7. The SMILES string of the molecule is CCC[C@H](C(=O)O)N1C(=O)/C(=C\c2ccc(-c3ccc(C)c([N+](=O)[O-])c3)o2)SC1=S. The first-order chi connectivity index (χ1) is 14.2. The second-order valence-electron chi connectivity index (χ2n) is 6.65. The number of aliphatic carboxylic acids is 1. The van der Waals surface area contributed by atoms with Crippen LogP contribution < -0.4 is 0 Å². The number of nitrogens with zero attached hydrogens (tertiary/aromatic N) is 2. The monoisotopic (exact) mass is 446 g/mol. The number of hydrogen-bond donors (Lipinski definition) is 1. The molecule has 1 aromatic heterocycles. The molecule has 1 amide bonds. The Hall–Kier alpha value is -2.98. The molecule has 0 saturated carbocycles. The molecule has 1 N–H and O–H groups in total. The summed E-state index contributed by atoms with van der Waals surface area (Å²) in [5.74, 6) is -0.809. The minimum Gasteiger partial charge on any atom is -0.480 e. The molecule has 0 spiro atoms. The highest BCUT2D eigenvalue weighted by Gasteiger charge is 2.40. The van der Waals surface area contributed by atoms with Crippen LogP contribution in [0.1, 0.15) is 31.1 Å². The summed E-state index contributed by atoms with van der Waals surface area (Å²) in [4.78, 5) is 36.4. The number of thioether (sulfide) groups is 1. The van der Waals surface area contributed by atoms with E-state index in [4.69, 9.17) is 16.6 Å². The van der Waals surface area contributed by atoms with Gasteiger partial charge in [0.05, 0.1) is 9.83 Å². The summed E-state index contributed by atoms with van der Waals surface area (Å²) in [6, 6.07) is 7.06. The Kier molecular flexibility index (Phi) is 6.37. The summed E-state index contributed by atoms with van der Waals surface area (Å²) in [5, 5.41) is 20.6. The number of benzene rings is 1. The molecule has 1 aliphatic rings. The first-order valence-electron chi connectivity index (χ1n) is 9.08. The molecule has 0 radical (unpaired) electrons. The van der Waals surface area contributed by atoms with Gasteiger partial charge in [-0.2, -0.15) is 0 Å². The molecule has 1 atom stereocenters. The zero-order chi connectivity index (χ0) is 22.0. The van der Waals surface area contributed by atoms with Gasteiger partial charge in [0.25, 0.3) is 11.6 Å². The summed E-state index contributed by atoms with van der Waals surface area (Å²) in [7, 11) is 0. The number of hydrogen-bond acceptors (Lipinski definition) is 7. The van der Waals surface area contributed by atoms with E-state index in [0.29, 0.717) is 35.5 Å². The van der Waals surface area contributed by atoms with Crippen LogP contribution in [0.4, 0.5) is 5.69 Å². The predicted octanol–water partition coefficient (Wildman–Crippen LogP) is 4.62. The standard InChI is InChI=1S/C20H18N2O6S2/c1-3-4-14(19(24)25)21-18(23)17(30-20(21)29)10-13-7-8-16(28-13)12-6-5-11(2)15(9-12)22(26)27/h5-10,14H,3-4H2,1-2H3,(H,24,25)/b17-10+/t14-/m1/s1. The summed E-state index contributed by atoms with van der Waals surface area (Å²) in [6.07, 6.45) is 2.39. The highest BCUT2D eigenvalue weighted by atomic mass is 32.2. The Morgan fingerprint density at radius 3 is 2.77 bits per heavy atom. The summed E-state index contributed by atoms with van der Waals surface area (Å²) >= 11 is 6.24. The smallest absolute Gasteiger partial charge is 0.326 e. The van der Waals surface area contributed by atoms with Crippen molar-refractivity contribution in [2.45, 2.75) is 32.7 Å². The number of nitro benzene ring substituents is 1. The number of amides is 1. The third kappa shape index (κ3) is 4.29. The van der Waals surface area contributed by atoms with Crippen molar-refractivity contribution < 1.29 is 24.0 Å². The zero-order valence-electron chi connectivity index (χ0n) is 16.2. The topological polar surface area (TPSA) is 114 Å². The minimum absolute atomic E-state index is 0.0121. The van der Waals surface area contributed by atoms with E-state index in [-0.39, 0.29) is 14.9 Å². The molecular weight excluding hydrogens is 428 g/mol. The van der Waals surface area contributed by atoms with E-state index >= 15 is 0 Å². The average Bonchev–Trinajstić information content (AvgIpc) is 3.25. The van der Waals surface area contributed by atoms with Gasteiger partial charge < -0.3 is 9.52 Å². The first-order valence-corrected chi connectivity index (χ1v) is 10.3. The van der Waals surface area contributed by atoms with Crippen LogP contribution in [-0.4, -0.2) is 37.2 Å². The van der Waals surface area contributed by atoms with Gasteiger partial charge >= 0.3 is 5.97 Å². The molecule has 2 heterocycles. The Balaban J connectivity index is 1.87. The van der Waals surface area contributed by atoms with Gasteiger partial charge in [-0.25, -0.2) is 4.79 Å². The molecule has 0 unspecified atom stereocenters. The van der Waals surface area contributed by atoms with Crippen LogP contribution in [0.5, 0.6) is 0 Å². The van der Waals surface area contributed by atoms with Crippen LogP contribution in [0.2, 0.25) is 0 Å². The van der Waals surface area contributed by atoms with E-state index in [0.717, 1.165) is 16.7 Å². The van der Waals surface area contributed by atoms with E-state index < -0.39 is 22.8 Å². The number of carboxylic acids is 1.